The standard InChI is InChI=1S/C17H15F3N4O3S/c18-17(19,20)28(25,26)23-9-12-2-1-3-13(8-12)11-27-14-4-5-15(21-10-14)16-6-7-22-24-16/h1-8,10,23H,9,11H2,(H,22,24). The Morgan fingerprint density at radius 3 is 2.54 bits per heavy atom. The van der Waals surface area contributed by atoms with E-state index in [0.29, 0.717) is 22.6 Å². The van der Waals surface area contributed by atoms with Crippen molar-refractivity contribution in [3.8, 4) is 17.1 Å². The zero-order valence-corrected chi connectivity index (χ0v) is 15.1. The molecule has 0 aliphatic heterocycles. The van der Waals surface area contributed by atoms with Crippen LogP contribution in [-0.2, 0) is 23.2 Å². The minimum Gasteiger partial charge on any atom is -0.487 e. The average molecular weight is 412 g/mol. The zero-order valence-electron chi connectivity index (χ0n) is 14.3. The maximum atomic E-state index is 12.4. The van der Waals surface area contributed by atoms with Gasteiger partial charge in [-0.25, -0.2) is 13.1 Å². The van der Waals surface area contributed by atoms with Crippen LogP contribution in [0.2, 0.25) is 0 Å². The number of halogens is 3. The first-order chi connectivity index (χ1) is 13.2. The molecule has 0 fully saturated rings. The highest BCUT2D eigenvalue weighted by atomic mass is 32.2. The van der Waals surface area contributed by atoms with Gasteiger partial charge in [0, 0.05) is 12.7 Å². The van der Waals surface area contributed by atoms with Crippen LogP contribution in [0, 0.1) is 0 Å². The molecule has 0 saturated heterocycles. The van der Waals surface area contributed by atoms with Gasteiger partial charge in [0.2, 0.25) is 0 Å². The Balaban J connectivity index is 1.59. The molecule has 0 atom stereocenters. The summed E-state index contributed by atoms with van der Waals surface area (Å²) in [6, 6.07) is 11.7. The number of benzene rings is 1. The molecule has 0 aliphatic rings. The number of ether oxygens (including phenoxy) is 1. The van der Waals surface area contributed by atoms with Crippen LogP contribution in [0.1, 0.15) is 11.1 Å². The van der Waals surface area contributed by atoms with E-state index >= 15 is 0 Å². The Morgan fingerprint density at radius 2 is 1.89 bits per heavy atom. The number of pyridine rings is 1. The summed E-state index contributed by atoms with van der Waals surface area (Å²) in [6.07, 6.45) is 3.15. The van der Waals surface area contributed by atoms with Crippen molar-refractivity contribution in [3.63, 3.8) is 0 Å². The molecule has 3 rings (SSSR count). The summed E-state index contributed by atoms with van der Waals surface area (Å²) in [5.41, 5.74) is -2.84. The minimum absolute atomic E-state index is 0.144. The topological polar surface area (TPSA) is 97.0 Å². The maximum Gasteiger partial charge on any atom is 0.511 e. The van der Waals surface area contributed by atoms with E-state index in [-0.39, 0.29) is 6.61 Å². The molecule has 0 amide bonds. The van der Waals surface area contributed by atoms with Crippen molar-refractivity contribution in [2.45, 2.75) is 18.7 Å². The van der Waals surface area contributed by atoms with E-state index in [1.165, 1.54) is 17.0 Å². The molecule has 0 bridgehead atoms. The monoisotopic (exact) mass is 412 g/mol. The first-order valence-electron chi connectivity index (χ1n) is 7.97. The average Bonchev–Trinajstić information content (AvgIpc) is 3.19. The second kappa shape index (κ2) is 7.98. The third kappa shape index (κ3) is 4.87. The SMILES string of the molecule is O=S(=O)(NCc1cccc(COc2ccc(-c3ccn[nH]3)nc2)c1)C(F)(F)F. The van der Waals surface area contributed by atoms with E-state index in [2.05, 4.69) is 15.2 Å². The number of sulfonamides is 1. The molecular weight excluding hydrogens is 397 g/mol. The highest BCUT2D eigenvalue weighted by molar-refractivity contribution is 7.90. The summed E-state index contributed by atoms with van der Waals surface area (Å²) in [7, 11) is -5.38. The van der Waals surface area contributed by atoms with E-state index in [4.69, 9.17) is 4.74 Å². The number of nitrogens with zero attached hydrogens (tertiary/aromatic N) is 2. The summed E-state index contributed by atoms with van der Waals surface area (Å²) in [5.74, 6) is 0.506. The third-order valence-corrected chi connectivity index (χ3v) is 4.81. The molecule has 0 saturated carbocycles. The van der Waals surface area contributed by atoms with E-state index in [1.54, 1.807) is 42.6 Å². The molecule has 1 aromatic carbocycles. The largest absolute Gasteiger partial charge is 0.511 e. The zero-order chi connectivity index (χ0) is 20.2. The summed E-state index contributed by atoms with van der Waals surface area (Å²) < 4.78 is 66.3. The molecule has 7 nitrogen and oxygen atoms in total. The number of rotatable bonds is 7. The lowest BCUT2D eigenvalue weighted by Gasteiger charge is -2.11. The van der Waals surface area contributed by atoms with Gasteiger partial charge in [0.05, 0.1) is 17.6 Å². The number of aromatic nitrogens is 3. The van der Waals surface area contributed by atoms with Gasteiger partial charge in [0.1, 0.15) is 12.4 Å². The van der Waals surface area contributed by atoms with Crippen LogP contribution in [0.3, 0.4) is 0 Å². The van der Waals surface area contributed by atoms with Gasteiger partial charge in [-0.1, -0.05) is 24.3 Å². The van der Waals surface area contributed by atoms with Crippen LogP contribution in [0.4, 0.5) is 13.2 Å². The Morgan fingerprint density at radius 1 is 1.11 bits per heavy atom. The molecule has 0 spiro atoms. The normalized spacial score (nSPS) is 12.1. The van der Waals surface area contributed by atoms with E-state index in [0.717, 1.165) is 5.69 Å². The second-order valence-corrected chi connectivity index (χ2v) is 7.49. The molecule has 0 unspecified atom stereocenters. The van der Waals surface area contributed by atoms with Gasteiger partial charge in [-0.05, 0) is 29.3 Å². The predicted octanol–water partition coefficient (Wildman–Crippen LogP) is 2.99. The quantitative estimate of drug-likeness (QED) is 0.622. The van der Waals surface area contributed by atoms with Crippen molar-refractivity contribution in [2.75, 3.05) is 0 Å². The van der Waals surface area contributed by atoms with Gasteiger partial charge < -0.3 is 4.74 Å². The minimum atomic E-state index is -5.38. The number of nitrogens with one attached hydrogen (secondary N) is 2. The van der Waals surface area contributed by atoms with E-state index in [9.17, 15) is 21.6 Å². The molecule has 2 aromatic heterocycles. The lowest BCUT2D eigenvalue weighted by molar-refractivity contribution is -0.0448. The maximum absolute atomic E-state index is 12.4. The molecule has 3 aromatic rings. The van der Waals surface area contributed by atoms with Crippen LogP contribution < -0.4 is 9.46 Å². The molecule has 0 aliphatic carbocycles. The number of hydrogen-bond acceptors (Lipinski definition) is 5. The Labute approximate surface area is 158 Å². The van der Waals surface area contributed by atoms with Gasteiger partial charge in [0.15, 0.2) is 0 Å². The molecule has 11 heteroatoms. The lowest BCUT2D eigenvalue weighted by Crippen LogP contribution is -2.36. The molecule has 28 heavy (non-hydrogen) atoms. The Hall–Kier alpha value is -2.92. The van der Waals surface area contributed by atoms with Gasteiger partial charge in [-0.3, -0.25) is 10.1 Å². The van der Waals surface area contributed by atoms with Crippen molar-refractivity contribution >= 4 is 10.0 Å². The van der Waals surface area contributed by atoms with Crippen molar-refractivity contribution < 1.29 is 26.3 Å². The fourth-order valence-electron chi connectivity index (χ4n) is 2.28. The summed E-state index contributed by atoms with van der Waals surface area (Å²) in [4.78, 5) is 4.25. The van der Waals surface area contributed by atoms with E-state index < -0.39 is 22.1 Å². The molecular formula is C17H15F3N4O3S. The number of alkyl halides is 3. The molecule has 2 heterocycles. The first-order valence-corrected chi connectivity index (χ1v) is 9.45. The van der Waals surface area contributed by atoms with Gasteiger partial charge in [-0.2, -0.15) is 18.3 Å². The van der Waals surface area contributed by atoms with Crippen LogP contribution in [0.15, 0.2) is 54.9 Å². The van der Waals surface area contributed by atoms with Crippen LogP contribution in [0.5, 0.6) is 5.75 Å². The fraction of sp³-hybridized carbons (Fsp3) is 0.176. The summed E-state index contributed by atoms with van der Waals surface area (Å²) in [6.45, 7) is -0.332. The lowest BCUT2D eigenvalue weighted by atomic mass is 10.1. The number of aromatic amines is 1. The van der Waals surface area contributed by atoms with Crippen LogP contribution in [-0.4, -0.2) is 29.1 Å². The number of H-pyrrole nitrogens is 1. The first kappa shape index (κ1) is 19.8. The van der Waals surface area contributed by atoms with Crippen molar-refractivity contribution in [1.82, 2.24) is 19.9 Å². The highest BCUT2D eigenvalue weighted by Gasteiger charge is 2.45. The molecule has 0 radical (unpaired) electrons. The Kier molecular flexibility index (Phi) is 5.66. The fourth-order valence-corrected chi connectivity index (χ4v) is 2.80. The van der Waals surface area contributed by atoms with Gasteiger partial charge in [-0.15, -0.1) is 0 Å². The van der Waals surface area contributed by atoms with Gasteiger partial charge >= 0.3 is 15.5 Å². The van der Waals surface area contributed by atoms with Crippen LogP contribution >= 0.6 is 0 Å². The summed E-state index contributed by atoms with van der Waals surface area (Å²) in [5, 5.41) is 6.64. The van der Waals surface area contributed by atoms with Crippen molar-refractivity contribution in [3.05, 3.63) is 66.0 Å². The smallest absolute Gasteiger partial charge is 0.487 e. The highest BCUT2D eigenvalue weighted by Crippen LogP contribution is 2.22. The van der Waals surface area contributed by atoms with Crippen LogP contribution in [0.25, 0.3) is 11.4 Å². The summed E-state index contributed by atoms with van der Waals surface area (Å²) >= 11 is 0. The van der Waals surface area contributed by atoms with Crippen molar-refractivity contribution in [2.24, 2.45) is 0 Å². The molecule has 2 N–H and O–H groups in total. The third-order valence-electron chi connectivity index (χ3n) is 3.68. The number of hydrogen-bond donors (Lipinski definition) is 2. The van der Waals surface area contributed by atoms with Gasteiger partial charge in [0.25, 0.3) is 0 Å². The molecule has 148 valence electrons. The predicted molar refractivity (Wildman–Crippen MR) is 94.4 cm³/mol. The second-order valence-electron chi connectivity index (χ2n) is 5.73. The van der Waals surface area contributed by atoms with E-state index in [1.807, 2.05) is 0 Å². The van der Waals surface area contributed by atoms with Crippen molar-refractivity contribution in [1.29, 1.82) is 0 Å². The Bertz CT molecular complexity index is 1020.